The van der Waals surface area contributed by atoms with Gasteiger partial charge in [0.25, 0.3) is 5.91 Å². The number of benzene rings is 1. The van der Waals surface area contributed by atoms with Crippen LogP contribution in [0.15, 0.2) is 28.7 Å². The van der Waals surface area contributed by atoms with Crippen molar-refractivity contribution in [3.8, 4) is 0 Å². The molecule has 0 unspecified atom stereocenters. The Morgan fingerprint density at radius 2 is 2.04 bits per heavy atom. The fourth-order valence-corrected chi connectivity index (χ4v) is 2.67. The number of halogens is 3. The molecule has 1 N–H and O–H groups in total. The van der Waals surface area contributed by atoms with Gasteiger partial charge in [0.1, 0.15) is 5.76 Å². The van der Waals surface area contributed by atoms with Gasteiger partial charge in [0.15, 0.2) is 11.6 Å². The standard InChI is InChI=1S/C17H17F3N2O2/c1-10-14(22-16(24-10)11-6-4-7-11)15(23)21-9-12-5-2-3-8-13(12)17(18,19)20/h2-3,5,8,11H,4,6-7,9H2,1H3,(H,21,23). The van der Waals surface area contributed by atoms with E-state index in [1.165, 1.54) is 18.2 Å². The minimum absolute atomic E-state index is 0.0127. The molecule has 1 amide bonds. The van der Waals surface area contributed by atoms with E-state index in [2.05, 4.69) is 10.3 Å². The number of alkyl halides is 3. The van der Waals surface area contributed by atoms with Crippen molar-refractivity contribution in [3.63, 3.8) is 0 Å². The van der Waals surface area contributed by atoms with Crippen molar-refractivity contribution >= 4 is 5.91 Å². The molecule has 2 aromatic rings. The molecule has 0 aliphatic heterocycles. The van der Waals surface area contributed by atoms with Crippen molar-refractivity contribution in [1.82, 2.24) is 10.3 Å². The molecule has 0 bridgehead atoms. The Kier molecular flexibility index (Phi) is 4.34. The SMILES string of the molecule is Cc1oc(C2CCC2)nc1C(=O)NCc1ccccc1C(F)(F)F. The zero-order chi connectivity index (χ0) is 17.3. The summed E-state index contributed by atoms with van der Waals surface area (Å²) in [5, 5.41) is 2.50. The van der Waals surface area contributed by atoms with E-state index in [4.69, 9.17) is 4.42 Å². The van der Waals surface area contributed by atoms with Crippen LogP contribution in [0.4, 0.5) is 13.2 Å². The van der Waals surface area contributed by atoms with Crippen LogP contribution in [0, 0.1) is 6.92 Å². The minimum Gasteiger partial charge on any atom is -0.445 e. The molecule has 1 heterocycles. The summed E-state index contributed by atoms with van der Waals surface area (Å²) in [6.07, 6.45) is -1.37. The lowest BCUT2D eigenvalue weighted by Crippen LogP contribution is -2.25. The fraction of sp³-hybridized carbons (Fsp3) is 0.412. The van der Waals surface area contributed by atoms with Gasteiger partial charge in [-0.25, -0.2) is 4.98 Å². The first-order chi connectivity index (χ1) is 11.4. The summed E-state index contributed by atoms with van der Waals surface area (Å²) in [5.41, 5.74) is -0.600. The third kappa shape index (κ3) is 3.29. The summed E-state index contributed by atoms with van der Waals surface area (Å²) < 4.78 is 44.4. The molecule has 3 rings (SSSR count). The number of rotatable bonds is 4. The second-order valence-electron chi connectivity index (χ2n) is 5.92. The number of nitrogens with one attached hydrogen (secondary N) is 1. The average molecular weight is 338 g/mol. The van der Waals surface area contributed by atoms with Crippen LogP contribution in [0.25, 0.3) is 0 Å². The van der Waals surface area contributed by atoms with Crippen molar-refractivity contribution in [2.75, 3.05) is 0 Å². The number of aromatic nitrogens is 1. The lowest BCUT2D eigenvalue weighted by atomic mass is 9.85. The third-order valence-corrected chi connectivity index (χ3v) is 4.24. The predicted octanol–water partition coefficient (Wildman–Crippen LogP) is 4.20. The van der Waals surface area contributed by atoms with Crippen LogP contribution in [0.1, 0.15) is 58.4 Å². The Morgan fingerprint density at radius 3 is 2.67 bits per heavy atom. The molecule has 0 spiro atoms. The van der Waals surface area contributed by atoms with Crippen LogP contribution >= 0.6 is 0 Å². The smallest absolute Gasteiger partial charge is 0.416 e. The molecule has 4 nitrogen and oxygen atoms in total. The summed E-state index contributed by atoms with van der Waals surface area (Å²) in [6.45, 7) is 1.41. The fourth-order valence-electron chi connectivity index (χ4n) is 2.67. The Morgan fingerprint density at radius 1 is 1.33 bits per heavy atom. The number of oxazole rings is 1. The largest absolute Gasteiger partial charge is 0.445 e. The summed E-state index contributed by atoms with van der Waals surface area (Å²) in [6, 6.07) is 5.17. The van der Waals surface area contributed by atoms with Crippen LogP contribution in [-0.2, 0) is 12.7 Å². The van der Waals surface area contributed by atoms with Crippen molar-refractivity contribution in [2.24, 2.45) is 0 Å². The topological polar surface area (TPSA) is 55.1 Å². The van der Waals surface area contributed by atoms with E-state index >= 15 is 0 Å². The summed E-state index contributed by atoms with van der Waals surface area (Å²) >= 11 is 0. The molecule has 1 aliphatic carbocycles. The van der Waals surface area contributed by atoms with E-state index < -0.39 is 17.6 Å². The number of hydrogen-bond donors (Lipinski definition) is 1. The quantitative estimate of drug-likeness (QED) is 0.909. The maximum atomic E-state index is 13.0. The van der Waals surface area contributed by atoms with E-state index in [9.17, 15) is 18.0 Å². The maximum absolute atomic E-state index is 13.0. The lowest BCUT2D eigenvalue weighted by molar-refractivity contribution is -0.138. The van der Waals surface area contributed by atoms with Crippen molar-refractivity contribution in [1.29, 1.82) is 0 Å². The number of carbonyl (C=O) groups excluding carboxylic acids is 1. The molecule has 1 saturated carbocycles. The van der Waals surface area contributed by atoms with Crippen molar-refractivity contribution in [2.45, 2.75) is 44.8 Å². The van der Waals surface area contributed by atoms with E-state index in [-0.39, 0.29) is 23.7 Å². The molecule has 1 aromatic carbocycles. The minimum atomic E-state index is -4.46. The van der Waals surface area contributed by atoms with Crippen LogP contribution in [0.2, 0.25) is 0 Å². The van der Waals surface area contributed by atoms with Gasteiger partial charge in [-0.3, -0.25) is 4.79 Å². The summed E-state index contributed by atoms with van der Waals surface area (Å²) in [4.78, 5) is 16.4. The van der Waals surface area contributed by atoms with E-state index in [0.29, 0.717) is 11.7 Å². The van der Waals surface area contributed by atoms with Crippen LogP contribution in [0.3, 0.4) is 0 Å². The molecule has 0 atom stereocenters. The van der Waals surface area contributed by atoms with Gasteiger partial charge in [0.05, 0.1) is 5.56 Å². The first-order valence-electron chi connectivity index (χ1n) is 7.77. The molecule has 0 saturated heterocycles. The predicted molar refractivity (Wildman–Crippen MR) is 80.4 cm³/mol. The van der Waals surface area contributed by atoms with Crippen molar-refractivity contribution in [3.05, 3.63) is 52.7 Å². The van der Waals surface area contributed by atoms with Crippen molar-refractivity contribution < 1.29 is 22.4 Å². The molecule has 128 valence electrons. The molecular weight excluding hydrogens is 321 g/mol. The van der Waals surface area contributed by atoms with Gasteiger partial charge in [-0.1, -0.05) is 24.6 Å². The average Bonchev–Trinajstić information content (AvgIpc) is 2.83. The van der Waals surface area contributed by atoms with E-state index in [1.54, 1.807) is 6.92 Å². The number of hydrogen-bond acceptors (Lipinski definition) is 3. The van der Waals surface area contributed by atoms with Gasteiger partial charge in [-0.05, 0) is 31.4 Å². The summed E-state index contributed by atoms with van der Waals surface area (Å²) in [5.74, 6) is 0.646. The molecule has 7 heteroatoms. The Hall–Kier alpha value is -2.31. The molecule has 1 fully saturated rings. The van der Waals surface area contributed by atoms with Crippen LogP contribution < -0.4 is 5.32 Å². The summed E-state index contributed by atoms with van der Waals surface area (Å²) in [7, 11) is 0. The Balaban J connectivity index is 1.71. The number of carbonyl (C=O) groups is 1. The van der Waals surface area contributed by atoms with Gasteiger partial charge in [-0.2, -0.15) is 13.2 Å². The first kappa shape index (κ1) is 16.5. The molecular formula is C17H17F3N2O2. The van der Waals surface area contributed by atoms with Gasteiger partial charge in [0, 0.05) is 12.5 Å². The second-order valence-corrected chi connectivity index (χ2v) is 5.92. The third-order valence-electron chi connectivity index (χ3n) is 4.24. The normalized spacial score (nSPS) is 15.2. The number of nitrogens with zero attached hydrogens (tertiary/aromatic N) is 1. The van der Waals surface area contributed by atoms with Gasteiger partial charge in [0.2, 0.25) is 0 Å². The molecule has 1 aromatic heterocycles. The highest BCUT2D eigenvalue weighted by atomic mass is 19.4. The molecule has 0 radical (unpaired) electrons. The zero-order valence-electron chi connectivity index (χ0n) is 13.1. The van der Waals surface area contributed by atoms with Crippen LogP contribution in [0.5, 0.6) is 0 Å². The number of amides is 1. The highest BCUT2D eigenvalue weighted by molar-refractivity contribution is 5.93. The highest BCUT2D eigenvalue weighted by Gasteiger charge is 2.33. The number of aryl methyl sites for hydroxylation is 1. The maximum Gasteiger partial charge on any atom is 0.416 e. The van der Waals surface area contributed by atoms with Gasteiger partial charge < -0.3 is 9.73 Å². The Labute approximate surface area is 137 Å². The molecule has 24 heavy (non-hydrogen) atoms. The Bertz CT molecular complexity index is 749. The monoisotopic (exact) mass is 338 g/mol. The van der Waals surface area contributed by atoms with E-state index in [1.807, 2.05) is 0 Å². The molecule has 1 aliphatic rings. The van der Waals surface area contributed by atoms with Gasteiger partial charge in [-0.15, -0.1) is 0 Å². The zero-order valence-corrected chi connectivity index (χ0v) is 13.1. The second kappa shape index (κ2) is 6.30. The van der Waals surface area contributed by atoms with E-state index in [0.717, 1.165) is 25.3 Å². The lowest BCUT2D eigenvalue weighted by Gasteiger charge is -2.21. The first-order valence-corrected chi connectivity index (χ1v) is 7.77. The van der Waals surface area contributed by atoms with Gasteiger partial charge >= 0.3 is 6.18 Å². The van der Waals surface area contributed by atoms with Crippen LogP contribution in [-0.4, -0.2) is 10.9 Å². The highest BCUT2D eigenvalue weighted by Crippen LogP contribution is 2.36.